The topological polar surface area (TPSA) is 52.8 Å². The highest BCUT2D eigenvalue weighted by atomic mass is 16.5. The average Bonchev–Trinajstić information content (AvgIpc) is 3.32. The van der Waals surface area contributed by atoms with Gasteiger partial charge in [-0.3, -0.25) is 0 Å². The fourth-order valence-electron chi connectivity index (χ4n) is 2.98. The molecule has 1 aliphatic heterocycles. The number of aryl methyl sites for hydroxylation is 1. The molecule has 24 heavy (non-hydrogen) atoms. The molecule has 0 N–H and O–H groups in total. The van der Waals surface area contributed by atoms with Gasteiger partial charge in [0.2, 0.25) is 0 Å². The summed E-state index contributed by atoms with van der Waals surface area (Å²) in [6.07, 6.45) is 8.21. The fraction of sp³-hybridized carbons (Fsp3) is 0.526. The van der Waals surface area contributed by atoms with Crippen molar-refractivity contribution < 1.29 is 4.74 Å². The minimum atomic E-state index is 0.257. The van der Waals surface area contributed by atoms with E-state index in [2.05, 4.69) is 27.1 Å². The van der Waals surface area contributed by atoms with Crippen molar-refractivity contribution in [3.05, 3.63) is 29.7 Å². The van der Waals surface area contributed by atoms with Crippen LogP contribution in [-0.2, 0) is 11.3 Å². The summed E-state index contributed by atoms with van der Waals surface area (Å²) in [7, 11) is 0. The molecule has 2 aromatic heterocycles. The summed E-state index contributed by atoms with van der Waals surface area (Å²) in [6.45, 7) is 3.63. The fourth-order valence-corrected chi connectivity index (χ4v) is 2.98. The number of rotatable bonds is 3. The molecular formula is C19H22N4O. The first-order valence-corrected chi connectivity index (χ1v) is 8.79. The highest BCUT2D eigenvalue weighted by Crippen LogP contribution is 2.27. The Balaban J connectivity index is 1.48. The van der Waals surface area contributed by atoms with Crippen molar-refractivity contribution in [3.8, 4) is 23.1 Å². The van der Waals surface area contributed by atoms with Crippen LogP contribution in [0.2, 0.25) is 0 Å². The van der Waals surface area contributed by atoms with Gasteiger partial charge in [0, 0.05) is 23.8 Å². The molecule has 0 bridgehead atoms. The molecule has 5 heteroatoms. The van der Waals surface area contributed by atoms with E-state index in [4.69, 9.17) is 4.74 Å². The van der Waals surface area contributed by atoms with Crippen LogP contribution in [0.5, 0.6) is 0 Å². The predicted octanol–water partition coefficient (Wildman–Crippen LogP) is 2.98. The first-order chi connectivity index (χ1) is 11.8. The highest BCUT2D eigenvalue weighted by Gasteiger charge is 2.18. The van der Waals surface area contributed by atoms with Crippen LogP contribution < -0.4 is 0 Å². The maximum absolute atomic E-state index is 5.77. The molecule has 1 atom stereocenters. The second-order valence-corrected chi connectivity index (χ2v) is 6.69. The van der Waals surface area contributed by atoms with Crippen LogP contribution in [0.15, 0.2) is 18.3 Å². The summed E-state index contributed by atoms with van der Waals surface area (Å²) in [5, 5.41) is 8.56. The Morgan fingerprint density at radius 2 is 2.17 bits per heavy atom. The molecule has 1 saturated heterocycles. The van der Waals surface area contributed by atoms with Crippen LogP contribution in [-0.4, -0.2) is 32.7 Å². The van der Waals surface area contributed by atoms with Gasteiger partial charge in [0.1, 0.15) is 11.4 Å². The molecule has 0 amide bonds. The maximum Gasteiger partial charge on any atom is 0.114 e. The van der Waals surface area contributed by atoms with Crippen molar-refractivity contribution in [3.63, 3.8) is 0 Å². The van der Waals surface area contributed by atoms with Gasteiger partial charge < -0.3 is 4.74 Å². The molecule has 2 aliphatic rings. The normalized spacial score (nSPS) is 20.5. The van der Waals surface area contributed by atoms with Gasteiger partial charge in [0.05, 0.1) is 18.8 Å². The first-order valence-electron chi connectivity index (χ1n) is 8.79. The van der Waals surface area contributed by atoms with Crippen LogP contribution in [0.3, 0.4) is 0 Å². The Bertz CT molecular complexity index is 776. The minimum absolute atomic E-state index is 0.257. The van der Waals surface area contributed by atoms with Gasteiger partial charge in [-0.2, -0.15) is 0 Å². The van der Waals surface area contributed by atoms with Gasteiger partial charge >= 0.3 is 0 Å². The van der Waals surface area contributed by atoms with Crippen LogP contribution in [0, 0.1) is 24.7 Å². The predicted molar refractivity (Wildman–Crippen MR) is 91.2 cm³/mol. The van der Waals surface area contributed by atoms with E-state index in [-0.39, 0.29) is 6.10 Å². The number of hydrogen-bond donors (Lipinski definition) is 0. The molecule has 0 spiro atoms. The van der Waals surface area contributed by atoms with Crippen molar-refractivity contribution in [1.29, 1.82) is 0 Å². The van der Waals surface area contributed by atoms with Crippen LogP contribution in [0.4, 0.5) is 0 Å². The SMILES string of the molecule is Cc1nc(C#CC2CC2)ccc1-c1cn(CC2CCCCO2)nn1. The van der Waals surface area contributed by atoms with Crippen LogP contribution in [0.25, 0.3) is 11.3 Å². The van der Waals surface area contributed by atoms with Crippen molar-refractivity contribution >= 4 is 0 Å². The molecule has 1 aliphatic carbocycles. The van der Waals surface area contributed by atoms with Crippen molar-refractivity contribution in [2.24, 2.45) is 5.92 Å². The Morgan fingerprint density at radius 3 is 2.92 bits per heavy atom. The monoisotopic (exact) mass is 322 g/mol. The van der Waals surface area contributed by atoms with Gasteiger partial charge in [-0.05, 0) is 57.1 Å². The molecule has 0 radical (unpaired) electrons. The molecule has 4 rings (SSSR count). The summed E-state index contributed by atoms with van der Waals surface area (Å²) in [6, 6.07) is 4.02. The molecule has 2 fully saturated rings. The summed E-state index contributed by atoms with van der Waals surface area (Å²) >= 11 is 0. The summed E-state index contributed by atoms with van der Waals surface area (Å²) in [5.74, 6) is 7.01. The van der Waals surface area contributed by atoms with E-state index in [1.54, 1.807) is 0 Å². The minimum Gasteiger partial charge on any atom is -0.376 e. The Kier molecular flexibility index (Phi) is 4.31. The van der Waals surface area contributed by atoms with E-state index < -0.39 is 0 Å². The lowest BCUT2D eigenvalue weighted by atomic mass is 10.1. The van der Waals surface area contributed by atoms with E-state index >= 15 is 0 Å². The lowest BCUT2D eigenvalue weighted by Crippen LogP contribution is -2.24. The number of pyridine rings is 1. The number of nitrogens with zero attached hydrogens (tertiary/aromatic N) is 4. The first kappa shape index (κ1) is 15.3. The van der Waals surface area contributed by atoms with Crippen molar-refractivity contribution in [2.75, 3.05) is 6.61 Å². The van der Waals surface area contributed by atoms with Gasteiger partial charge in [0.25, 0.3) is 0 Å². The Hall–Kier alpha value is -2.19. The van der Waals surface area contributed by atoms with E-state index in [1.807, 2.05) is 29.9 Å². The number of hydrogen-bond acceptors (Lipinski definition) is 4. The molecule has 124 valence electrons. The van der Waals surface area contributed by atoms with Crippen molar-refractivity contribution in [2.45, 2.75) is 51.7 Å². The third-order valence-corrected chi connectivity index (χ3v) is 4.55. The molecular weight excluding hydrogens is 300 g/mol. The van der Waals surface area contributed by atoms with E-state index in [9.17, 15) is 0 Å². The molecule has 1 saturated carbocycles. The van der Waals surface area contributed by atoms with Crippen molar-refractivity contribution in [1.82, 2.24) is 20.0 Å². The van der Waals surface area contributed by atoms with Gasteiger partial charge in [-0.15, -0.1) is 5.10 Å². The average molecular weight is 322 g/mol. The summed E-state index contributed by atoms with van der Waals surface area (Å²) < 4.78 is 7.65. The third kappa shape index (κ3) is 3.65. The van der Waals surface area contributed by atoms with E-state index in [0.29, 0.717) is 5.92 Å². The summed E-state index contributed by atoms with van der Waals surface area (Å²) in [5.41, 5.74) is 3.66. The quantitative estimate of drug-likeness (QED) is 0.815. The molecule has 1 unspecified atom stereocenters. The van der Waals surface area contributed by atoms with Gasteiger partial charge in [-0.1, -0.05) is 11.1 Å². The zero-order chi connectivity index (χ0) is 16.4. The number of ether oxygens (including phenoxy) is 1. The second-order valence-electron chi connectivity index (χ2n) is 6.69. The molecule has 5 nitrogen and oxygen atoms in total. The molecule has 3 heterocycles. The maximum atomic E-state index is 5.77. The standard InChI is InChI=1S/C19H22N4O/c1-14-18(10-9-16(20-14)8-7-15-5-6-15)19-13-23(22-21-19)12-17-4-2-3-11-24-17/h9-10,13,15,17H,2-6,11-12H2,1H3. The van der Waals surface area contributed by atoms with Crippen LogP contribution >= 0.6 is 0 Å². The van der Waals surface area contributed by atoms with Crippen LogP contribution in [0.1, 0.15) is 43.5 Å². The summed E-state index contributed by atoms with van der Waals surface area (Å²) in [4.78, 5) is 4.60. The lowest BCUT2D eigenvalue weighted by Gasteiger charge is -2.21. The second kappa shape index (κ2) is 6.74. The zero-order valence-electron chi connectivity index (χ0n) is 14.0. The largest absolute Gasteiger partial charge is 0.376 e. The highest BCUT2D eigenvalue weighted by molar-refractivity contribution is 5.61. The molecule has 0 aromatic carbocycles. The van der Waals surface area contributed by atoms with E-state index in [1.165, 1.54) is 25.7 Å². The van der Waals surface area contributed by atoms with Gasteiger partial charge in [0.15, 0.2) is 0 Å². The number of aromatic nitrogens is 4. The Labute approximate surface area is 142 Å². The Morgan fingerprint density at radius 1 is 1.25 bits per heavy atom. The van der Waals surface area contributed by atoms with Gasteiger partial charge in [-0.25, -0.2) is 9.67 Å². The zero-order valence-corrected chi connectivity index (χ0v) is 14.0. The van der Waals surface area contributed by atoms with E-state index in [0.717, 1.165) is 42.2 Å². The lowest BCUT2D eigenvalue weighted by molar-refractivity contribution is 0.00370. The third-order valence-electron chi connectivity index (χ3n) is 4.55. The molecule has 2 aromatic rings. The smallest absolute Gasteiger partial charge is 0.114 e.